The zero-order chi connectivity index (χ0) is 17.9. The first-order valence-electron chi connectivity index (χ1n) is 7.76. The van der Waals surface area contributed by atoms with Gasteiger partial charge in [0, 0.05) is 17.5 Å². The molecule has 0 amide bonds. The third-order valence-electron chi connectivity index (χ3n) is 4.06. The molecule has 0 saturated heterocycles. The lowest BCUT2D eigenvalue weighted by Gasteiger charge is -2.21. The molecule has 1 unspecified atom stereocenters. The van der Waals surface area contributed by atoms with Gasteiger partial charge < -0.3 is 10.3 Å². The largest absolute Gasteiger partial charge is 0.611 e. The fourth-order valence-corrected chi connectivity index (χ4v) is 3.94. The van der Waals surface area contributed by atoms with E-state index in [1.165, 1.54) is 6.92 Å². The molecule has 0 aliphatic heterocycles. The Bertz CT molecular complexity index is 613. The average Bonchev–Trinajstić information content (AvgIpc) is 2.49. The van der Waals surface area contributed by atoms with E-state index in [-0.39, 0.29) is 27.9 Å². The van der Waals surface area contributed by atoms with Gasteiger partial charge in [0.1, 0.15) is 17.3 Å². The number of hydrogen-bond donors (Lipinski definition) is 1. The number of alkyl halides is 3. The average molecular weight is 364 g/mol. The number of aliphatic imine (C=N–C) groups is 1. The van der Waals surface area contributed by atoms with Gasteiger partial charge in [-0.05, 0) is 37.0 Å². The van der Waals surface area contributed by atoms with Crippen LogP contribution < -0.4 is 5.73 Å². The summed E-state index contributed by atoms with van der Waals surface area (Å²) in [4.78, 5) is 4.00. The quantitative estimate of drug-likeness (QED) is 0.373. The summed E-state index contributed by atoms with van der Waals surface area (Å²) in [6.45, 7) is 1.42. The first kappa shape index (κ1) is 19.1. The minimum atomic E-state index is -4.56. The van der Waals surface area contributed by atoms with Crippen LogP contribution >= 0.6 is 0 Å². The second-order valence-corrected chi connectivity index (χ2v) is 7.47. The number of benzene rings is 1. The van der Waals surface area contributed by atoms with Crippen LogP contribution in [0, 0.1) is 18.7 Å². The number of hydrogen-bond acceptors (Lipinski definition) is 2. The molecular formula is C16H20F4N2OS. The van der Waals surface area contributed by atoms with Gasteiger partial charge in [0.2, 0.25) is 5.75 Å². The SMILES string of the molecule is Cc1cc(F)c(/N=C(\N)C2CCCCC2)cc1[S+]([O-])CC(F)(F)F. The minimum Gasteiger partial charge on any atom is -0.611 e. The third-order valence-corrected chi connectivity index (χ3v) is 5.58. The molecule has 1 aliphatic carbocycles. The lowest BCUT2D eigenvalue weighted by molar-refractivity contribution is -0.106. The van der Waals surface area contributed by atoms with Gasteiger partial charge in [-0.15, -0.1) is 0 Å². The molecule has 3 nitrogen and oxygen atoms in total. The third kappa shape index (κ3) is 5.11. The molecule has 24 heavy (non-hydrogen) atoms. The second kappa shape index (κ2) is 7.74. The van der Waals surface area contributed by atoms with Crippen molar-refractivity contribution in [2.75, 3.05) is 5.75 Å². The van der Waals surface area contributed by atoms with Crippen molar-refractivity contribution in [3.8, 4) is 0 Å². The van der Waals surface area contributed by atoms with Gasteiger partial charge in [-0.3, -0.25) is 0 Å². The van der Waals surface area contributed by atoms with Crippen molar-refractivity contribution in [1.82, 2.24) is 0 Å². The maximum Gasteiger partial charge on any atom is 0.433 e. The monoisotopic (exact) mass is 364 g/mol. The zero-order valence-corrected chi connectivity index (χ0v) is 14.1. The summed E-state index contributed by atoms with van der Waals surface area (Å²) in [5.74, 6) is -1.81. The molecule has 0 heterocycles. The molecule has 8 heteroatoms. The van der Waals surface area contributed by atoms with Crippen LogP contribution in [-0.2, 0) is 11.2 Å². The fraction of sp³-hybridized carbons (Fsp3) is 0.562. The Kier molecular flexibility index (Phi) is 6.14. The molecule has 0 bridgehead atoms. The van der Waals surface area contributed by atoms with Gasteiger partial charge in [-0.25, -0.2) is 9.38 Å². The maximum atomic E-state index is 14.1. The van der Waals surface area contributed by atoms with Gasteiger partial charge in [0.25, 0.3) is 0 Å². The van der Waals surface area contributed by atoms with Gasteiger partial charge in [0.05, 0.1) is 0 Å². The Morgan fingerprint density at radius 3 is 2.50 bits per heavy atom. The number of rotatable bonds is 4. The molecule has 1 saturated carbocycles. The van der Waals surface area contributed by atoms with E-state index < -0.39 is 28.9 Å². The summed E-state index contributed by atoms with van der Waals surface area (Å²) >= 11 is -2.30. The van der Waals surface area contributed by atoms with E-state index in [9.17, 15) is 22.1 Å². The van der Waals surface area contributed by atoms with E-state index in [1.807, 2.05) is 0 Å². The number of nitrogens with zero attached hydrogens (tertiary/aromatic N) is 1. The van der Waals surface area contributed by atoms with Crippen LogP contribution in [0.15, 0.2) is 22.0 Å². The molecule has 134 valence electrons. The summed E-state index contributed by atoms with van der Waals surface area (Å²) < 4.78 is 63.3. The van der Waals surface area contributed by atoms with E-state index in [4.69, 9.17) is 5.73 Å². The van der Waals surface area contributed by atoms with Crippen LogP contribution in [0.3, 0.4) is 0 Å². The number of amidine groups is 1. The Labute approximate surface area is 141 Å². The van der Waals surface area contributed by atoms with Crippen molar-refractivity contribution in [2.24, 2.45) is 16.6 Å². The van der Waals surface area contributed by atoms with Crippen molar-refractivity contribution in [3.05, 3.63) is 23.5 Å². The molecule has 0 radical (unpaired) electrons. The van der Waals surface area contributed by atoms with E-state index in [0.717, 1.165) is 44.2 Å². The van der Waals surface area contributed by atoms with Crippen molar-refractivity contribution in [2.45, 2.75) is 50.1 Å². The van der Waals surface area contributed by atoms with Crippen LogP contribution in [0.4, 0.5) is 23.2 Å². The fourth-order valence-electron chi connectivity index (χ4n) is 2.83. The van der Waals surface area contributed by atoms with E-state index in [1.54, 1.807) is 0 Å². The zero-order valence-electron chi connectivity index (χ0n) is 13.3. The van der Waals surface area contributed by atoms with E-state index >= 15 is 0 Å². The first-order chi connectivity index (χ1) is 11.2. The molecule has 1 aromatic carbocycles. The summed E-state index contributed by atoms with van der Waals surface area (Å²) in [7, 11) is 0. The molecular weight excluding hydrogens is 344 g/mol. The highest BCUT2D eigenvalue weighted by Gasteiger charge is 2.36. The molecule has 0 aromatic heterocycles. The van der Waals surface area contributed by atoms with Gasteiger partial charge in [0.15, 0.2) is 4.90 Å². The Morgan fingerprint density at radius 2 is 1.92 bits per heavy atom. The first-order valence-corrected chi connectivity index (χ1v) is 9.08. The van der Waals surface area contributed by atoms with Crippen LogP contribution in [0.1, 0.15) is 37.7 Å². The second-order valence-electron chi connectivity index (χ2n) is 6.05. The number of nitrogens with two attached hydrogens (primary N) is 1. The van der Waals surface area contributed by atoms with Crippen LogP contribution in [-0.4, -0.2) is 22.3 Å². The van der Waals surface area contributed by atoms with Crippen LogP contribution in [0.25, 0.3) is 0 Å². The summed E-state index contributed by atoms with van der Waals surface area (Å²) in [5, 5.41) is 0. The predicted octanol–water partition coefficient (Wildman–Crippen LogP) is 4.37. The molecule has 1 fully saturated rings. The summed E-state index contributed by atoms with van der Waals surface area (Å²) in [6.07, 6.45) is 0.362. The number of halogens is 4. The van der Waals surface area contributed by atoms with Gasteiger partial charge in [-0.2, -0.15) is 13.2 Å². The molecule has 1 atom stereocenters. The van der Waals surface area contributed by atoms with Crippen molar-refractivity contribution >= 4 is 22.7 Å². The van der Waals surface area contributed by atoms with E-state index in [0.29, 0.717) is 0 Å². The smallest absolute Gasteiger partial charge is 0.433 e. The normalized spacial score (nSPS) is 18.7. The van der Waals surface area contributed by atoms with Crippen LogP contribution in [0.2, 0.25) is 0 Å². The number of aryl methyl sites for hydroxylation is 1. The van der Waals surface area contributed by atoms with Crippen molar-refractivity contribution in [1.29, 1.82) is 0 Å². The van der Waals surface area contributed by atoms with Crippen LogP contribution in [0.5, 0.6) is 0 Å². The highest BCUT2D eigenvalue weighted by molar-refractivity contribution is 7.91. The van der Waals surface area contributed by atoms with Crippen molar-refractivity contribution in [3.63, 3.8) is 0 Å². The molecule has 2 rings (SSSR count). The maximum absolute atomic E-state index is 14.1. The molecule has 1 aromatic rings. The van der Waals surface area contributed by atoms with Crippen molar-refractivity contribution < 1.29 is 22.1 Å². The highest BCUT2D eigenvalue weighted by Crippen LogP contribution is 2.31. The van der Waals surface area contributed by atoms with E-state index in [2.05, 4.69) is 4.99 Å². The topological polar surface area (TPSA) is 61.4 Å². The Morgan fingerprint density at radius 1 is 1.29 bits per heavy atom. The Balaban J connectivity index is 2.28. The highest BCUT2D eigenvalue weighted by atomic mass is 32.2. The Hall–Kier alpha value is -1.28. The molecule has 2 N–H and O–H groups in total. The van der Waals surface area contributed by atoms with Gasteiger partial charge >= 0.3 is 6.18 Å². The van der Waals surface area contributed by atoms with Gasteiger partial charge in [-0.1, -0.05) is 19.3 Å². The predicted molar refractivity (Wildman–Crippen MR) is 86.3 cm³/mol. The summed E-state index contributed by atoms with van der Waals surface area (Å²) in [5.41, 5.74) is 5.98. The lowest BCUT2D eigenvalue weighted by atomic mass is 9.88. The standard InChI is InChI=1S/C16H20F4N2OS/c1-10-7-12(17)13(8-14(10)24(23)9-16(18,19)20)22-15(21)11-5-3-2-4-6-11/h7-8,11H,2-6,9H2,1H3,(H2,21,22). The summed E-state index contributed by atoms with van der Waals surface area (Å²) in [6, 6.07) is 2.17. The molecule has 1 aliphatic rings. The molecule has 0 spiro atoms. The lowest BCUT2D eigenvalue weighted by Crippen LogP contribution is -2.25. The minimum absolute atomic E-state index is 0.0589.